The summed E-state index contributed by atoms with van der Waals surface area (Å²) in [5, 5.41) is 7.58. The highest BCUT2D eigenvalue weighted by atomic mass is 16.5. The van der Waals surface area contributed by atoms with E-state index in [0.29, 0.717) is 28.5 Å². The first-order valence-electron chi connectivity index (χ1n) is 9.31. The number of para-hydroxylation sites is 2. The number of ether oxygens (including phenoxy) is 2. The first-order chi connectivity index (χ1) is 14.5. The molecular weight excluding hydrogens is 386 g/mol. The summed E-state index contributed by atoms with van der Waals surface area (Å²) < 4.78 is 10.8. The average Bonchev–Trinajstić information content (AvgIpc) is 3.03. The summed E-state index contributed by atoms with van der Waals surface area (Å²) in [5.41, 5.74) is 2.05. The maximum absolute atomic E-state index is 12.8. The number of hydrogen-bond acceptors (Lipinski definition) is 6. The maximum Gasteiger partial charge on any atom is 0.283 e. The lowest BCUT2D eigenvalue weighted by Crippen LogP contribution is -2.41. The highest BCUT2D eigenvalue weighted by Gasteiger charge is 2.37. The van der Waals surface area contributed by atoms with Gasteiger partial charge in [0, 0.05) is 0 Å². The standard InChI is InChI=1S/C22H19N3O5/c1-13-16(11-14-7-9-15(29-2)10-8-14)22(28)25(24-13)20(26)12-19-21(27)23-17-5-3-4-6-18(17)30-19/h3-11,19H,12H2,1-2H3,(H,23,27)/b16-11-. The van der Waals surface area contributed by atoms with Gasteiger partial charge in [0.2, 0.25) is 0 Å². The fourth-order valence-corrected chi connectivity index (χ4v) is 3.19. The van der Waals surface area contributed by atoms with E-state index in [1.807, 2.05) is 0 Å². The van der Waals surface area contributed by atoms with Crippen molar-refractivity contribution in [1.29, 1.82) is 0 Å². The Kier molecular flexibility index (Phi) is 5.05. The Bertz CT molecular complexity index is 1090. The molecule has 8 nitrogen and oxygen atoms in total. The van der Waals surface area contributed by atoms with Crippen LogP contribution in [-0.4, -0.2) is 41.7 Å². The van der Waals surface area contributed by atoms with Gasteiger partial charge in [0.1, 0.15) is 11.5 Å². The Morgan fingerprint density at radius 1 is 1.20 bits per heavy atom. The van der Waals surface area contributed by atoms with Crippen molar-refractivity contribution in [2.45, 2.75) is 19.4 Å². The number of carbonyl (C=O) groups excluding carboxylic acids is 3. The van der Waals surface area contributed by atoms with Crippen molar-refractivity contribution in [3.05, 3.63) is 59.7 Å². The van der Waals surface area contributed by atoms with Crippen LogP contribution in [0.2, 0.25) is 0 Å². The van der Waals surface area contributed by atoms with Gasteiger partial charge in [0.25, 0.3) is 17.7 Å². The Balaban J connectivity index is 1.48. The first kappa shape index (κ1) is 19.4. The van der Waals surface area contributed by atoms with E-state index in [2.05, 4.69) is 10.4 Å². The van der Waals surface area contributed by atoms with Gasteiger partial charge in [-0.15, -0.1) is 0 Å². The lowest BCUT2D eigenvalue weighted by atomic mass is 10.1. The predicted octanol–water partition coefficient (Wildman–Crippen LogP) is 2.61. The third kappa shape index (κ3) is 3.67. The largest absolute Gasteiger partial charge is 0.497 e. The second-order valence-corrected chi connectivity index (χ2v) is 6.82. The molecule has 0 fully saturated rings. The van der Waals surface area contributed by atoms with E-state index < -0.39 is 23.8 Å². The molecule has 30 heavy (non-hydrogen) atoms. The molecule has 1 unspecified atom stereocenters. The minimum Gasteiger partial charge on any atom is -0.497 e. The molecule has 0 aliphatic carbocycles. The van der Waals surface area contributed by atoms with Crippen molar-refractivity contribution in [2.75, 3.05) is 12.4 Å². The molecule has 0 radical (unpaired) electrons. The third-order valence-electron chi connectivity index (χ3n) is 4.79. The number of anilines is 1. The molecule has 2 aromatic rings. The van der Waals surface area contributed by atoms with Gasteiger partial charge in [-0.3, -0.25) is 14.4 Å². The van der Waals surface area contributed by atoms with Crippen molar-refractivity contribution < 1.29 is 23.9 Å². The van der Waals surface area contributed by atoms with Crippen molar-refractivity contribution in [1.82, 2.24) is 5.01 Å². The number of nitrogens with zero attached hydrogens (tertiary/aromatic N) is 2. The zero-order valence-corrected chi connectivity index (χ0v) is 16.4. The van der Waals surface area contributed by atoms with E-state index in [1.54, 1.807) is 68.6 Å². The summed E-state index contributed by atoms with van der Waals surface area (Å²) in [4.78, 5) is 37.7. The fourth-order valence-electron chi connectivity index (χ4n) is 3.19. The van der Waals surface area contributed by atoms with Gasteiger partial charge < -0.3 is 14.8 Å². The van der Waals surface area contributed by atoms with Crippen LogP contribution in [0, 0.1) is 0 Å². The number of fused-ring (bicyclic) bond motifs is 1. The molecule has 0 saturated carbocycles. The van der Waals surface area contributed by atoms with Gasteiger partial charge in [-0.2, -0.15) is 10.1 Å². The molecule has 2 aliphatic heterocycles. The zero-order valence-electron chi connectivity index (χ0n) is 16.4. The molecule has 0 spiro atoms. The van der Waals surface area contributed by atoms with Crippen LogP contribution in [0.15, 0.2) is 59.2 Å². The van der Waals surface area contributed by atoms with E-state index >= 15 is 0 Å². The summed E-state index contributed by atoms with van der Waals surface area (Å²) in [6.07, 6.45) is 0.317. The molecule has 1 atom stereocenters. The maximum atomic E-state index is 12.8. The number of amides is 3. The number of nitrogens with one attached hydrogen (secondary N) is 1. The molecule has 1 N–H and O–H groups in total. The van der Waals surface area contributed by atoms with E-state index in [9.17, 15) is 14.4 Å². The predicted molar refractivity (Wildman–Crippen MR) is 110 cm³/mol. The van der Waals surface area contributed by atoms with E-state index in [0.717, 1.165) is 10.6 Å². The first-order valence-corrected chi connectivity index (χ1v) is 9.31. The highest BCUT2D eigenvalue weighted by molar-refractivity contribution is 6.29. The van der Waals surface area contributed by atoms with Gasteiger partial charge in [-0.05, 0) is 42.8 Å². The molecule has 0 aromatic heterocycles. The van der Waals surface area contributed by atoms with E-state index in [1.165, 1.54) is 0 Å². The van der Waals surface area contributed by atoms with Gasteiger partial charge in [-0.1, -0.05) is 24.3 Å². The summed E-state index contributed by atoms with van der Waals surface area (Å²) in [5.74, 6) is -0.419. The fraction of sp³-hybridized carbons (Fsp3) is 0.182. The topological polar surface area (TPSA) is 97.3 Å². The molecule has 2 heterocycles. The van der Waals surface area contributed by atoms with Crippen molar-refractivity contribution in [3.63, 3.8) is 0 Å². The number of imide groups is 1. The number of benzene rings is 2. The van der Waals surface area contributed by atoms with Crippen molar-refractivity contribution in [3.8, 4) is 11.5 Å². The SMILES string of the molecule is COc1ccc(/C=C2\C(=O)N(C(=O)CC3Oc4ccccc4NC3=O)N=C2C)cc1. The second-order valence-electron chi connectivity index (χ2n) is 6.82. The van der Waals surface area contributed by atoms with Crippen LogP contribution in [0.4, 0.5) is 5.69 Å². The summed E-state index contributed by atoms with van der Waals surface area (Å²) in [6.45, 7) is 1.65. The molecule has 2 aliphatic rings. The second kappa shape index (κ2) is 7.82. The Morgan fingerprint density at radius 2 is 1.93 bits per heavy atom. The number of rotatable bonds is 4. The number of hydrogen-bond donors (Lipinski definition) is 1. The van der Waals surface area contributed by atoms with E-state index in [4.69, 9.17) is 9.47 Å². The Labute approximate surface area is 172 Å². The summed E-state index contributed by atoms with van der Waals surface area (Å²) in [7, 11) is 1.57. The molecule has 8 heteroatoms. The van der Waals surface area contributed by atoms with Crippen LogP contribution in [-0.2, 0) is 14.4 Å². The van der Waals surface area contributed by atoms with Gasteiger partial charge in [-0.25, -0.2) is 0 Å². The molecule has 0 saturated heterocycles. The average molecular weight is 405 g/mol. The highest BCUT2D eigenvalue weighted by Crippen LogP contribution is 2.30. The molecular formula is C22H19N3O5. The summed E-state index contributed by atoms with van der Waals surface area (Å²) in [6, 6.07) is 14.1. The van der Waals surface area contributed by atoms with Crippen molar-refractivity contribution >= 4 is 35.2 Å². The van der Waals surface area contributed by atoms with Crippen LogP contribution in [0.3, 0.4) is 0 Å². The van der Waals surface area contributed by atoms with E-state index in [-0.39, 0.29) is 6.42 Å². The minimum atomic E-state index is -1.04. The normalized spacial score (nSPS) is 19.1. The Morgan fingerprint density at radius 3 is 2.67 bits per heavy atom. The lowest BCUT2D eigenvalue weighted by Gasteiger charge is -2.25. The van der Waals surface area contributed by atoms with Gasteiger partial charge in [0.05, 0.1) is 30.5 Å². The smallest absolute Gasteiger partial charge is 0.283 e. The number of hydrazone groups is 1. The minimum absolute atomic E-state index is 0.307. The quantitative estimate of drug-likeness (QED) is 0.789. The van der Waals surface area contributed by atoms with Gasteiger partial charge in [0.15, 0.2) is 6.10 Å². The summed E-state index contributed by atoms with van der Waals surface area (Å²) >= 11 is 0. The van der Waals surface area contributed by atoms with Crippen LogP contribution >= 0.6 is 0 Å². The zero-order chi connectivity index (χ0) is 21.3. The van der Waals surface area contributed by atoms with Crippen molar-refractivity contribution in [2.24, 2.45) is 5.10 Å². The molecule has 4 rings (SSSR count). The molecule has 2 aromatic carbocycles. The van der Waals surface area contributed by atoms with Gasteiger partial charge >= 0.3 is 0 Å². The Hall–Kier alpha value is -3.94. The van der Waals surface area contributed by atoms with Crippen LogP contribution < -0.4 is 14.8 Å². The number of methoxy groups -OCH3 is 1. The lowest BCUT2D eigenvalue weighted by molar-refractivity contribution is -0.144. The molecule has 3 amide bonds. The number of carbonyl (C=O) groups is 3. The van der Waals surface area contributed by atoms with Crippen LogP contribution in [0.25, 0.3) is 6.08 Å². The third-order valence-corrected chi connectivity index (χ3v) is 4.79. The van der Waals surface area contributed by atoms with Crippen LogP contribution in [0.5, 0.6) is 11.5 Å². The molecule has 152 valence electrons. The molecule has 0 bridgehead atoms. The van der Waals surface area contributed by atoms with Crippen LogP contribution in [0.1, 0.15) is 18.9 Å². The monoisotopic (exact) mass is 405 g/mol.